The molecule has 0 bridgehead atoms. The second-order valence-corrected chi connectivity index (χ2v) is 9.34. The van der Waals surface area contributed by atoms with E-state index in [2.05, 4.69) is 13.8 Å². The molecule has 0 amide bonds. The average molecular weight is 369 g/mol. The second-order valence-electron chi connectivity index (χ2n) is 9.34. The Morgan fingerprint density at radius 3 is 2.54 bits per heavy atom. The molecule has 0 aromatic heterocycles. The predicted molar refractivity (Wildman–Crippen MR) is 98.3 cm³/mol. The highest BCUT2D eigenvalue weighted by Crippen LogP contribution is 2.56. The number of carbonyl (C=O) groups is 1. The van der Waals surface area contributed by atoms with Crippen LogP contribution in [0.3, 0.4) is 0 Å². The van der Waals surface area contributed by atoms with Gasteiger partial charge in [0.15, 0.2) is 12.1 Å². The molecule has 2 aliphatic heterocycles. The highest BCUT2D eigenvalue weighted by atomic mass is 16.8. The van der Waals surface area contributed by atoms with Crippen LogP contribution in [0.15, 0.2) is 0 Å². The number of methoxy groups -OCH3 is 1. The van der Waals surface area contributed by atoms with Crippen LogP contribution in [0.4, 0.5) is 0 Å². The number of hydrogen-bond donors (Lipinski definition) is 1. The van der Waals surface area contributed by atoms with Gasteiger partial charge < -0.3 is 19.3 Å². The predicted octanol–water partition coefficient (Wildman–Crippen LogP) is 3.53. The summed E-state index contributed by atoms with van der Waals surface area (Å²) in [5, 5.41) is 11.9. The Hall–Kier alpha value is -0.490. The van der Waals surface area contributed by atoms with Crippen LogP contribution in [0.25, 0.3) is 0 Å². The van der Waals surface area contributed by atoms with Gasteiger partial charge in [-0.2, -0.15) is 0 Å². The average Bonchev–Trinajstić information content (AvgIpc) is 2.69. The molecule has 0 spiro atoms. The van der Waals surface area contributed by atoms with Crippen LogP contribution < -0.4 is 0 Å². The third-order valence-electron chi connectivity index (χ3n) is 7.45. The summed E-state index contributed by atoms with van der Waals surface area (Å²) < 4.78 is 18.2. The topological polar surface area (TPSA) is 65.0 Å². The molecule has 26 heavy (non-hydrogen) atoms. The highest BCUT2D eigenvalue weighted by Gasteiger charge is 2.63. The lowest BCUT2D eigenvalue weighted by Crippen LogP contribution is -2.66. The van der Waals surface area contributed by atoms with Crippen molar-refractivity contribution in [2.45, 2.75) is 90.5 Å². The summed E-state index contributed by atoms with van der Waals surface area (Å²) in [6.45, 7) is 10.1. The SMILES string of the molecule is CO[C@@]1(C)CC[C@H]2[C@H](C)CC[C@H]3[C@@H](C)C(CC(=O)C(C)C)O[C@H](O1)[C@@]23O. The molecule has 3 aliphatic rings. The van der Waals surface area contributed by atoms with Gasteiger partial charge in [-0.25, -0.2) is 0 Å². The molecule has 5 nitrogen and oxygen atoms in total. The van der Waals surface area contributed by atoms with Crippen molar-refractivity contribution in [2.75, 3.05) is 7.11 Å². The molecule has 2 saturated heterocycles. The molecule has 2 heterocycles. The third-order valence-corrected chi connectivity index (χ3v) is 7.45. The van der Waals surface area contributed by atoms with E-state index in [1.54, 1.807) is 7.11 Å². The summed E-state index contributed by atoms with van der Waals surface area (Å²) in [6.07, 6.45) is 3.08. The number of aliphatic hydroxyl groups is 1. The van der Waals surface area contributed by atoms with E-state index in [0.717, 1.165) is 25.7 Å². The van der Waals surface area contributed by atoms with Gasteiger partial charge in [0.2, 0.25) is 0 Å². The molecule has 1 saturated carbocycles. The van der Waals surface area contributed by atoms with Crippen LogP contribution >= 0.6 is 0 Å². The summed E-state index contributed by atoms with van der Waals surface area (Å²) in [4.78, 5) is 12.4. The number of Topliss-reactive ketones (excluding diaryl/α,β-unsaturated/α-hetero) is 1. The molecule has 3 fully saturated rings. The molecule has 8 atom stereocenters. The number of ether oxygens (including phenoxy) is 3. The Labute approximate surface area is 157 Å². The number of ketones is 1. The van der Waals surface area contributed by atoms with Crippen molar-refractivity contribution in [3.05, 3.63) is 0 Å². The standard InChI is InChI=1S/C21H36O5/c1-12(2)17(22)11-18-14(4)16-8-7-13(3)15-9-10-20(5,24-6)26-19(25-18)21(15,16)23/h12-16,18-19,23H,7-11H2,1-6H3/t13-,14-,15+,16+,18?,19-,20-,21-/m1/s1. The van der Waals surface area contributed by atoms with Gasteiger partial charge in [0, 0.05) is 25.9 Å². The van der Waals surface area contributed by atoms with Gasteiger partial charge in [0.05, 0.1) is 6.10 Å². The first kappa shape index (κ1) is 20.2. The molecule has 3 rings (SSSR count). The minimum absolute atomic E-state index is 0.00923. The fourth-order valence-electron chi connectivity index (χ4n) is 5.45. The van der Waals surface area contributed by atoms with Crippen LogP contribution in [0.1, 0.15) is 66.7 Å². The lowest BCUT2D eigenvalue weighted by Gasteiger charge is -2.57. The largest absolute Gasteiger partial charge is 0.384 e. The fraction of sp³-hybridized carbons (Fsp3) is 0.952. The van der Waals surface area contributed by atoms with E-state index in [1.165, 1.54) is 0 Å². The molecule has 1 N–H and O–H groups in total. The van der Waals surface area contributed by atoms with Crippen LogP contribution in [-0.4, -0.2) is 41.8 Å². The van der Waals surface area contributed by atoms with E-state index in [9.17, 15) is 9.90 Å². The Bertz CT molecular complexity index is 534. The summed E-state index contributed by atoms with van der Waals surface area (Å²) in [7, 11) is 1.64. The summed E-state index contributed by atoms with van der Waals surface area (Å²) >= 11 is 0. The second kappa shape index (κ2) is 7.16. The maximum Gasteiger partial charge on any atom is 0.190 e. The molecule has 0 radical (unpaired) electrons. The molecule has 0 aromatic rings. The summed E-state index contributed by atoms with van der Waals surface area (Å²) in [5.74, 6) is 0.200. The first-order valence-corrected chi connectivity index (χ1v) is 10.3. The van der Waals surface area contributed by atoms with Crippen molar-refractivity contribution >= 4 is 5.78 Å². The minimum atomic E-state index is -1.01. The summed E-state index contributed by atoms with van der Waals surface area (Å²) in [6, 6.07) is 0. The Morgan fingerprint density at radius 1 is 1.23 bits per heavy atom. The molecule has 150 valence electrons. The maximum atomic E-state index is 12.4. The van der Waals surface area contributed by atoms with E-state index >= 15 is 0 Å². The van der Waals surface area contributed by atoms with Gasteiger partial charge in [-0.05, 0) is 49.9 Å². The Kier molecular flexibility index (Phi) is 5.57. The zero-order chi connectivity index (χ0) is 19.3. The van der Waals surface area contributed by atoms with E-state index in [-0.39, 0.29) is 35.6 Å². The van der Waals surface area contributed by atoms with Gasteiger partial charge in [-0.1, -0.05) is 27.7 Å². The van der Waals surface area contributed by atoms with Crippen molar-refractivity contribution in [2.24, 2.45) is 29.6 Å². The van der Waals surface area contributed by atoms with Gasteiger partial charge in [0.1, 0.15) is 11.4 Å². The van der Waals surface area contributed by atoms with Crippen LogP contribution in [0.2, 0.25) is 0 Å². The molecule has 0 aromatic carbocycles. The molecule has 1 unspecified atom stereocenters. The van der Waals surface area contributed by atoms with Crippen molar-refractivity contribution in [3.63, 3.8) is 0 Å². The maximum absolute atomic E-state index is 12.4. The molecule has 5 heteroatoms. The molecular formula is C21H36O5. The van der Waals surface area contributed by atoms with Crippen molar-refractivity contribution in [3.8, 4) is 0 Å². The van der Waals surface area contributed by atoms with Crippen LogP contribution in [0, 0.1) is 29.6 Å². The lowest BCUT2D eigenvalue weighted by molar-refractivity contribution is -0.381. The third kappa shape index (κ3) is 3.25. The van der Waals surface area contributed by atoms with E-state index in [1.807, 2.05) is 20.8 Å². The normalized spacial score (nSPS) is 48.8. The minimum Gasteiger partial charge on any atom is -0.384 e. The monoisotopic (exact) mass is 368 g/mol. The van der Waals surface area contributed by atoms with Gasteiger partial charge in [-0.15, -0.1) is 0 Å². The van der Waals surface area contributed by atoms with E-state index in [4.69, 9.17) is 14.2 Å². The van der Waals surface area contributed by atoms with E-state index < -0.39 is 17.7 Å². The van der Waals surface area contributed by atoms with Crippen LogP contribution in [0.5, 0.6) is 0 Å². The first-order chi connectivity index (χ1) is 12.1. The van der Waals surface area contributed by atoms with Crippen molar-refractivity contribution in [1.29, 1.82) is 0 Å². The van der Waals surface area contributed by atoms with Gasteiger partial charge >= 0.3 is 0 Å². The lowest BCUT2D eigenvalue weighted by atomic mass is 9.57. The highest BCUT2D eigenvalue weighted by molar-refractivity contribution is 5.80. The van der Waals surface area contributed by atoms with Crippen LogP contribution in [-0.2, 0) is 19.0 Å². The Morgan fingerprint density at radius 2 is 1.92 bits per heavy atom. The summed E-state index contributed by atoms with van der Waals surface area (Å²) in [5.41, 5.74) is -1.01. The number of carbonyl (C=O) groups excluding carboxylic acids is 1. The Balaban J connectivity index is 1.94. The molecular weight excluding hydrogens is 332 g/mol. The number of hydrogen-bond acceptors (Lipinski definition) is 5. The smallest absolute Gasteiger partial charge is 0.190 e. The van der Waals surface area contributed by atoms with Crippen molar-refractivity contribution < 1.29 is 24.1 Å². The quantitative estimate of drug-likeness (QED) is 0.822. The van der Waals surface area contributed by atoms with Crippen molar-refractivity contribution in [1.82, 2.24) is 0 Å². The van der Waals surface area contributed by atoms with E-state index in [0.29, 0.717) is 12.3 Å². The number of rotatable bonds is 4. The fourth-order valence-corrected chi connectivity index (χ4v) is 5.45. The van der Waals surface area contributed by atoms with Gasteiger partial charge in [0.25, 0.3) is 0 Å². The zero-order valence-corrected chi connectivity index (χ0v) is 17.2. The first-order valence-electron chi connectivity index (χ1n) is 10.3. The zero-order valence-electron chi connectivity index (χ0n) is 17.2. The van der Waals surface area contributed by atoms with Gasteiger partial charge in [-0.3, -0.25) is 4.79 Å². The molecule has 1 aliphatic carbocycles.